The molecule has 0 radical (unpaired) electrons. The first-order chi connectivity index (χ1) is 8.70. The molecule has 0 saturated carbocycles. The summed E-state index contributed by atoms with van der Waals surface area (Å²) in [5.41, 5.74) is 0. The van der Waals surface area contributed by atoms with Crippen LogP contribution in [0.25, 0.3) is 0 Å². The molecule has 7 heteroatoms. The second-order valence-corrected chi connectivity index (χ2v) is 6.30. The number of amides is 2. The molecule has 0 bridgehead atoms. The van der Waals surface area contributed by atoms with Crippen molar-refractivity contribution < 1.29 is 19.5 Å². The quantitative estimate of drug-likeness (QED) is 0.682. The molecule has 0 atom stereocenters. The minimum absolute atomic E-state index is 0.00705. The molecule has 2 N–H and O–H groups in total. The first kappa shape index (κ1) is 17.8. The van der Waals surface area contributed by atoms with E-state index in [0.717, 1.165) is 18.2 Å². The monoisotopic (exact) mass is 290 g/mol. The van der Waals surface area contributed by atoms with Crippen molar-refractivity contribution in [2.75, 3.05) is 25.9 Å². The van der Waals surface area contributed by atoms with Crippen LogP contribution in [-0.2, 0) is 14.4 Å². The first-order valence-electron chi connectivity index (χ1n) is 6.08. The molecule has 0 saturated heterocycles. The maximum atomic E-state index is 11.8. The summed E-state index contributed by atoms with van der Waals surface area (Å²) in [5.74, 6) is -1.39. The highest BCUT2D eigenvalue weighted by atomic mass is 32.2. The van der Waals surface area contributed by atoms with E-state index >= 15 is 0 Å². The fraction of sp³-hybridized carbons (Fsp3) is 0.750. The maximum Gasteiger partial charge on any atom is 0.319 e. The Balaban J connectivity index is 4.14. The van der Waals surface area contributed by atoms with E-state index in [9.17, 15) is 14.4 Å². The molecule has 0 aliphatic carbocycles. The maximum absolute atomic E-state index is 11.8. The third kappa shape index (κ3) is 7.05. The number of hydrogen-bond acceptors (Lipinski definition) is 4. The lowest BCUT2D eigenvalue weighted by Gasteiger charge is -2.21. The van der Waals surface area contributed by atoms with Gasteiger partial charge in [-0.2, -0.15) is 0 Å². The number of carbonyl (C=O) groups excluding carboxylic acids is 2. The van der Waals surface area contributed by atoms with Gasteiger partial charge in [-0.25, -0.2) is 0 Å². The molecule has 6 nitrogen and oxygen atoms in total. The average Bonchev–Trinajstić information content (AvgIpc) is 2.33. The third-order valence-electron chi connectivity index (χ3n) is 2.45. The van der Waals surface area contributed by atoms with Gasteiger partial charge in [0.25, 0.3) is 0 Å². The third-order valence-corrected chi connectivity index (χ3v) is 3.74. The van der Waals surface area contributed by atoms with Gasteiger partial charge in [0, 0.05) is 13.6 Å². The number of nitrogens with zero attached hydrogens (tertiary/aromatic N) is 1. The molecule has 0 aliphatic heterocycles. The van der Waals surface area contributed by atoms with E-state index < -0.39 is 10.7 Å². The predicted octanol–water partition coefficient (Wildman–Crippen LogP) is 0.567. The van der Waals surface area contributed by atoms with Crippen molar-refractivity contribution in [1.82, 2.24) is 10.2 Å². The highest BCUT2D eigenvalue weighted by Crippen LogP contribution is 2.24. The highest BCUT2D eigenvalue weighted by Gasteiger charge is 2.29. The number of carbonyl (C=O) groups is 3. The second-order valence-electron chi connectivity index (χ2n) is 4.70. The Bertz CT molecular complexity index is 345. The Morgan fingerprint density at radius 2 is 1.89 bits per heavy atom. The van der Waals surface area contributed by atoms with Crippen LogP contribution >= 0.6 is 11.8 Å². The lowest BCUT2D eigenvalue weighted by Crippen LogP contribution is -2.40. The van der Waals surface area contributed by atoms with Crippen LogP contribution in [0.5, 0.6) is 0 Å². The van der Waals surface area contributed by atoms with Crippen LogP contribution in [0, 0.1) is 0 Å². The summed E-state index contributed by atoms with van der Waals surface area (Å²) >= 11 is 1.05. The SMILES string of the molecule is CCCNC(=O)CN(C)C(=O)CSC(C)(C)C(=O)O. The van der Waals surface area contributed by atoms with E-state index in [1.54, 1.807) is 13.8 Å². The van der Waals surface area contributed by atoms with Crippen LogP contribution in [0.4, 0.5) is 0 Å². The number of likely N-dealkylation sites (N-methyl/N-ethyl adjacent to an activating group) is 1. The molecule has 0 heterocycles. The minimum atomic E-state index is -1.01. The van der Waals surface area contributed by atoms with Gasteiger partial charge in [0.15, 0.2) is 0 Å². The molecule has 0 aromatic heterocycles. The normalized spacial score (nSPS) is 10.9. The largest absolute Gasteiger partial charge is 0.480 e. The first-order valence-corrected chi connectivity index (χ1v) is 7.07. The molecule has 19 heavy (non-hydrogen) atoms. The standard InChI is InChI=1S/C12H22N2O4S/c1-5-6-13-9(15)7-14(4)10(16)8-19-12(2,3)11(17)18/h5-8H2,1-4H3,(H,13,15)(H,17,18). The summed E-state index contributed by atoms with van der Waals surface area (Å²) in [6, 6.07) is 0. The van der Waals surface area contributed by atoms with Crippen molar-refractivity contribution in [1.29, 1.82) is 0 Å². The van der Waals surface area contributed by atoms with Gasteiger partial charge in [0.05, 0.1) is 12.3 Å². The van der Waals surface area contributed by atoms with Gasteiger partial charge in [-0.15, -0.1) is 11.8 Å². The van der Waals surface area contributed by atoms with Crippen molar-refractivity contribution in [3.8, 4) is 0 Å². The Morgan fingerprint density at radius 3 is 2.37 bits per heavy atom. The Hall–Kier alpha value is -1.24. The van der Waals surface area contributed by atoms with E-state index in [4.69, 9.17) is 5.11 Å². The number of thioether (sulfide) groups is 1. The van der Waals surface area contributed by atoms with Crippen molar-refractivity contribution in [2.24, 2.45) is 0 Å². The van der Waals surface area contributed by atoms with E-state index in [0.29, 0.717) is 6.54 Å². The van der Waals surface area contributed by atoms with Gasteiger partial charge in [-0.1, -0.05) is 6.92 Å². The molecule has 0 spiro atoms. The number of rotatable bonds is 8. The van der Waals surface area contributed by atoms with Crippen LogP contribution in [0.2, 0.25) is 0 Å². The lowest BCUT2D eigenvalue weighted by atomic mass is 10.2. The molecular weight excluding hydrogens is 268 g/mol. The van der Waals surface area contributed by atoms with E-state index in [2.05, 4.69) is 5.32 Å². The fourth-order valence-corrected chi connectivity index (χ4v) is 1.87. The Kier molecular flexibility index (Phi) is 7.51. The van der Waals surface area contributed by atoms with Gasteiger partial charge in [-0.3, -0.25) is 14.4 Å². The molecule has 0 aromatic rings. The van der Waals surface area contributed by atoms with Crippen LogP contribution in [0.15, 0.2) is 0 Å². The zero-order chi connectivity index (χ0) is 15.1. The number of carboxylic acids is 1. The molecule has 2 amide bonds. The lowest BCUT2D eigenvalue weighted by molar-refractivity contribution is -0.138. The Labute approximate surface area is 117 Å². The number of aliphatic carboxylic acids is 1. The summed E-state index contributed by atoms with van der Waals surface area (Å²) in [7, 11) is 1.53. The predicted molar refractivity (Wildman–Crippen MR) is 75.1 cm³/mol. The minimum Gasteiger partial charge on any atom is -0.480 e. The van der Waals surface area contributed by atoms with Gasteiger partial charge in [0.2, 0.25) is 11.8 Å². The van der Waals surface area contributed by atoms with Gasteiger partial charge in [0.1, 0.15) is 4.75 Å². The summed E-state index contributed by atoms with van der Waals surface area (Å²) in [4.78, 5) is 35.4. The van der Waals surface area contributed by atoms with Gasteiger partial charge < -0.3 is 15.3 Å². The van der Waals surface area contributed by atoms with Crippen molar-refractivity contribution in [2.45, 2.75) is 31.9 Å². The molecule has 0 fully saturated rings. The topological polar surface area (TPSA) is 86.7 Å². The van der Waals surface area contributed by atoms with Crippen molar-refractivity contribution in [3.63, 3.8) is 0 Å². The summed E-state index contributed by atoms with van der Waals surface area (Å²) in [6.07, 6.45) is 0.839. The van der Waals surface area contributed by atoms with E-state index in [1.807, 2.05) is 6.92 Å². The van der Waals surface area contributed by atoms with Crippen LogP contribution in [0.1, 0.15) is 27.2 Å². The zero-order valence-electron chi connectivity index (χ0n) is 11.9. The molecular formula is C12H22N2O4S. The number of carboxylic acid groups (broad SMARTS) is 1. The number of nitrogens with one attached hydrogen (secondary N) is 1. The second kappa shape index (κ2) is 8.04. The van der Waals surface area contributed by atoms with Gasteiger partial charge >= 0.3 is 5.97 Å². The summed E-state index contributed by atoms with van der Waals surface area (Å²) in [6.45, 7) is 5.61. The van der Waals surface area contributed by atoms with Crippen LogP contribution in [-0.4, -0.2) is 58.4 Å². The van der Waals surface area contributed by atoms with Crippen LogP contribution in [0.3, 0.4) is 0 Å². The zero-order valence-corrected chi connectivity index (χ0v) is 12.7. The molecule has 0 aromatic carbocycles. The van der Waals surface area contributed by atoms with Crippen LogP contribution < -0.4 is 5.32 Å². The van der Waals surface area contributed by atoms with Crippen molar-refractivity contribution >= 4 is 29.5 Å². The van der Waals surface area contributed by atoms with Crippen molar-refractivity contribution in [3.05, 3.63) is 0 Å². The molecule has 0 rings (SSSR count). The smallest absolute Gasteiger partial charge is 0.319 e. The fourth-order valence-electron chi connectivity index (χ4n) is 1.04. The Morgan fingerprint density at radius 1 is 1.32 bits per heavy atom. The number of hydrogen-bond donors (Lipinski definition) is 2. The summed E-state index contributed by atoms with van der Waals surface area (Å²) < 4.78 is -1.01. The highest BCUT2D eigenvalue weighted by molar-refractivity contribution is 8.01. The molecule has 0 unspecified atom stereocenters. The molecule has 0 aliphatic rings. The van der Waals surface area contributed by atoms with E-state index in [1.165, 1.54) is 11.9 Å². The molecule has 110 valence electrons. The van der Waals surface area contributed by atoms with E-state index in [-0.39, 0.29) is 24.1 Å². The summed E-state index contributed by atoms with van der Waals surface area (Å²) in [5, 5.41) is 11.6. The average molecular weight is 290 g/mol. The van der Waals surface area contributed by atoms with Gasteiger partial charge in [-0.05, 0) is 20.3 Å².